The van der Waals surface area contributed by atoms with Crippen molar-refractivity contribution in [2.24, 2.45) is 0 Å². The van der Waals surface area contributed by atoms with E-state index in [1.807, 2.05) is 13.8 Å². The zero-order valence-electron chi connectivity index (χ0n) is 11.6. The number of hydrogen-bond donors (Lipinski definition) is 0. The number of aryl methyl sites for hydroxylation is 2. The van der Waals surface area contributed by atoms with Crippen LogP contribution in [0.4, 0.5) is 0 Å². The highest BCUT2D eigenvalue weighted by Gasteiger charge is 2.02. The second-order valence-corrected chi connectivity index (χ2v) is 5.78. The summed E-state index contributed by atoms with van der Waals surface area (Å²) in [5, 5.41) is 0. The van der Waals surface area contributed by atoms with E-state index in [4.69, 9.17) is 0 Å². The molecule has 0 fully saturated rings. The summed E-state index contributed by atoms with van der Waals surface area (Å²) >= 11 is 1.74. The van der Waals surface area contributed by atoms with E-state index in [2.05, 4.69) is 50.4 Å². The fourth-order valence-electron chi connectivity index (χ4n) is 1.64. The first-order chi connectivity index (χ1) is 8.52. The molecule has 1 heteroatoms. The summed E-state index contributed by atoms with van der Waals surface area (Å²) < 4.78 is 0. The van der Waals surface area contributed by atoms with Crippen molar-refractivity contribution >= 4 is 11.8 Å². The summed E-state index contributed by atoms with van der Waals surface area (Å²) in [6.45, 7) is 14.3. The molecule has 1 rings (SSSR count). The lowest BCUT2D eigenvalue weighted by Crippen LogP contribution is -1.87. The van der Waals surface area contributed by atoms with Gasteiger partial charge in [-0.1, -0.05) is 60.8 Å². The van der Waals surface area contributed by atoms with Crippen molar-refractivity contribution in [2.75, 3.05) is 0 Å². The fourth-order valence-corrected chi connectivity index (χ4v) is 2.44. The van der Waals surface area contributed by atoms with Gasteiger partial charge in [0.1, 0.15) is 0 Å². The topological polar surface area (TPSA) is 0 Å². The van der Waals surface area contributed by atoms with Gasteiger partial charge in [0.25, 0.3) is 0 Å². The standard InChI is InChI=1S/C17H22S/c1-6-17(13(2)3)18-15(5)9-12-16-10-7-14(4)8-11-16/h6-8,10-11H,2,5,9,12H2,1,3-4H3/b17-6-. The fraction of sp³-hybridized carbons (Fsp3) is 0.294. The zero-order valence-corrected chi connectivity index (χ0v) is 12.4. The number of thioether (sulfide) groups is 1. The van der Waals surface area contributed by atoms with Crippen molar-refractivity contribution in [2.45, 2.75) is 33.6 Å². The van der Waals surface area contributed by atoms with Gasteiger partial charge >= 0.3 is 0 Å². The summed E-state index contributed by atoms with van der Waals surface area (Å²) in [4.78, 5) is 2.43. The lowest BCUT2D eigenvalue weighted by atomic mass is 10.1. The molecule has 0 aliphatic carbocycles. The predicted octanol–water partition coefficient (Wildman–Crippen LogP) is 5.65. The Bertz CT molecular complexity index is 449. The Hall–Kier alpha value is -1.21. The van der Waals surface area contributed by atoms with Crippen LogP contribution in [0.1, 0.15) is 31.4 Å². The summed E-state index contributed by atoms with van der Waals surface area (Å²) in [6, 6.07) is 8.72. The van der Waals surface area contributed by atoms with Crippen LogP contribution in [0.3, 0.4) is 0 Å². The molecule has 96 valence electrons. The van der Waals surface area contributed by atoms with Crippen molar-refractivity contribution < 1.29 is 0 Å². The van der Waals surface area contributed by atoms with Gasteiger partial charge in [0, 0.05) is 4.91 Å². The highest BCUT2D eigenvalue weighted by Crippen LogP contribution is 2.31. The second kappa shape index (κ2) is 7.27. The summed E-state index contributed by atoms with van der Waals surface area (Å²) in [5.41, 5.74) is 3.80. The Morgan fingerprint density at radius 2 is 1.83 bits per heavy atom. The number of benzene rings is 1. The molecule has 0 radical (unpaired) electrons. The van der Waals surface area contributed by atoms with Crippen molar-refractivity contribution in [3.05, 3.63) is 70.0 Å². The van der Waals surface area contributed by atoms with Gasteiger partial charge in [-0.15, -0.1) is 0 Å². The molecule has 0 unspecified atom stereocenters. The first-order valence-corrected chi connectivity index (χ1v) is 7.08. The average molecular weight is 258 g/mol. The summed E-state index contributed by atoms with van der Waals surface area (Å²) in [5.74, 6) is 0. The number of rotatable bonds is 6. The van der Waals surface area contributed by atoms with Crippen molar-refractivity contribution in [3.63, 3.8) is 0 Å². The molecule has 0 atom stereocenters. The molecule has 0 amide bonds. The molecule has 1 aromatic carbocycles. The second-order valence-electron chi connectivity index (χ2n) is 4.56. The molecule has 1 aromatic rings. The van der Waals surface area contributed by atoms with Gasteiger partial charge in [-0.25, -0.2) is 0 Å². The van der Waals surface area contributed by atoms with E-state index in [-0.39, 0.29) is 0 Å². The molecule has 0 N–H and O–H groups in total. The minimum Gasteiger partial charge on any atom is -0.0953 e. The lowest BCUT2D eigenvalue weighted by molar-refractivity contribution is 0.991. The molecule has 0 saturated carbocycles. The molecule has 0 saturated heterocycles. The maximum atomic E-state index is 4.14. The van der Waals surface area contributed by atoms with Crippen LogP contribution in [0.2, 0.25) is 0 Å². The molecular formula is C17H22S. The molecule has 0 heterocycles. The van der Waals surface area contributed by atoms with E-state index < -0.39 is 0 Å². The van der Waals surface area contributed by atoms with Gasteiger partial charge in [0.2, 0.25) is 0 Å². The van der Waals surface area contributed by atoms with Crippen LogP contribution in [0.25, 0.3) is 0 Å². The third-order valence-electron chi connectivity index (χ3n) is 2.75. The van der Waals surface area contributed by atoms with Crippen LogP contribution in [-0.4, -0.2) is 0 Å². The minimum absolute atomic E-state index is 1.01. The smallest absolute Gasteiger partial charge is 0.00990 e. The van der Waals surface area contributed by atoms with Gasteiger partial charge in [0.05, 0.1) is 0 Å². The van der Waals surface area contributed by atoms with E-state index in [1.54, 1.807) is 11.8 Å². The molecule has 0 aliphatic heterocycles. The average Bonchev–Trinajstić information content (AvgIpc) is 2.35. The van der Waals surface area contributed by atoms with Crippen LogP contribution in [0.15, 0.2) is 58.9 Å². The Morgan fingerprint density at radius 1 is 1.22 bits per heavy atom. The van der Waals surface area contributed by atoms with Crippen molar-refractivity contribution in [3.8, 4) is 0 Å². The van der Waals surface area contributed by atoms with E-state index in [1.165, 1.54) is 20.9 Å². The molecule has 0 aromatic heterocycles. The van der Waals surface area contributed by atoms with E-state index in [9.17, 15) is 0 Å². The normalized spacial score (nSPS) is 11.4. The first-order valence-electron chi connectivity index (χ1n) is 6.26. The summed E-state index contributed by atoms with van der Waals surface area (Å²) in [6.07, 6.45) is 4.17. The Balaban J connectivity index is 2.46. The van der Waals surface area contributed by atoms with E-state index >= 15 is 0 Å². The van der Waals surface area contributed by atoms with Gasteiger partial charge in [-0.3, -0.25) is 0 Å². The molecule has 0 spiro atoms. The third-order valence-corrected chi connectivity index (χ3v) is 4.05. The molecular weight excluding hydrogens is 236 g/mol. The van der Waals surface area contributed by atoms with Crippen LogP contribution in [0.5, 0.6) is 0 Å². The monoisotopic (exact) mass is 258 g/mol. The lowest BCUT2D eigenvalue weighted by Gasteiger charge is -2.09. The van der Waals surface area contributed by atoms with Crippen LogP contribution in [0, 0.1) is 6.92 Å². The van der Waals surface area contributed by atoms with Crippen LogP contribution in [-0.2, 0) is 6.42 Å². The third kappa shape index (κ3) is 4.97. The van der Waals surface area contributed by atoms with Gasteiger partial charge in [-0.2, -0.15) is 0 Å². The Labute approximate surface area is 116 Å². The largest absolute Gasteiger partial charge is 0.0953 e. The molecule has 0 bridgehead atoms. The van der Waals surface area contributed by atoms with Crippen molar-refractivity contribution in [1.82, 2.24) is 0 Å². The molecule has 18 heavy (non-hydrogen) atoms. The molecule has 0 aliphatic rings. The van der Waals surface area contributed by atoms with Gasteiger partial charge in [0.15, 0.2) is 0 Å². The first kappa shape index (κ1) is 14.8. The van der Waals surface area contributed by atoms with E-state index in [0.717, 1.165) is 18.4 Å². The zero-order chi connectivity index (χ0) is 13.5. The highest BCUT2D eigenvalue weighted by molar-refractivity contribution is 8.06. The predicted molar refractivity (Wildman–Crippen MR) is 84.8 cm³/mol. The minimum atomic E-state index is 1.01. The summed E-state index contributed by atoms with van der Waals surface area (Å²) in [7, 11) is 0. The SMILES string of the molecule is C=C(CCc1ccc(C)cc1)S/C(=C\C)C(=C)C. The highest BCUT2D eigenvalue weighted by atomic mass is 32.2. The van der Waals surface area contributed by atoms with Crippen LogP contribution < -0.4 is 0 Å². The maximum Gasteiger partial charge on any atom is 0.00990 e. The maximum absolute atomic E-state index is 4.14. The van der Waals surface area contributed by atoms with Gasteiger partial charge < -0.3 is 0 Å². The van der Waals surface area contributed by atoms with Crippen LogP contribution >= 0.6 is 11.8 Å². The quantitative estimate of drug-likeness (QED) is 0.594. The van der Waals surface area contributed by atoms with E-state index in [0.29, 0.717) is 0 Å². The number of allylic oxidation sites excluding steroid dienone is 3. The molecule has 0 nitrogen and oxygen atoms in total. The van der Waals surface area contributed by atoms with Crippen molar-refractivity contribution in [1.29, 1.82) is 0 Å². The number of hydrogen-bond acceptors (Lipinski definition) is 1. The Kier molecular flexibility index (Phi) is 6.00. The van der Waals surface area contributed by atoms with Gasteiger partial charge in [-0.05, 0) is 49.7 Å². The Morgan fingerprint density at radius 3 is 2.33 bits per heavy atom.